The van der Waals surface area contributed by atoms with Gasteiger partial charge in [0.15, 0.2) is 0 Å². The third kappa shape index (κ3) is 4.53. The topological polar surface area (TPSA) is 41.1 Å². The molecule has 118 valence electrons. The molecule has 0 aromatic rings. The van der Waals surface area contributed by atoms with Crippen LogP contribution >= 0.6 is 0 Å². The molecule has 1 saturated heterocycles. The van der Waals surface area contributed by atoms with Crippen molar-refractivity contribution in [1.29, 1.82) is 0 Å². The van der Waals surface area contributed by atoms with Crippen molar-refractivity contribution in [1.82, 2.24) is 10.6 Å². The Balaban J connectivity index is 2.71. The van der Waals surface area contributed by atoms with E-state index in [1.54, 1.807) is 0 Å². The van der Waals surface area contributed by atoms with Crippen molar-refractivity contribution in [2.45, 2.75) is 38.2 Å². The van der Waals surface area contributed by atoms with Crippen LogP contribution in [0.4, 0.5) is 26.3 Å². The van der Waals surface area contributed by atoms with Crippen LogP contribution in [0.2, 0.25) is 0 Å². The minimum Gasteiger partial charge on any atom is -0.352 e. The Labute approximate surface area is 112 Å². The Morgan fingerprint density at radius 3 is 2.15 bits per heavy atom. The number of hydrogen-bond acceptors (Lipinski definition) is 2. The van der Waals surface area contributed by atoms with Crippen molar-refractivity contribution >= 4 is 5.91 Å². The predicted octanol–water partition coefficient (Wildman–Crippen LogP) is 2.23. The summed E-state index contributed by atoms with van der Waals surface area (Å²) in [6, 6.07) is -0.748. The predicted molar refractivity (Wildman–Crippen MR) is 58.8 cm³/mol. The Morgan fingerprint density at radius 1 is 1.20 bits per heavy atom. The first-order valence-electron chi connectivity index (χ1n) is 6.18. The van der Waals surface area contributed by atoms with Crippen molar-refractivity contribution in [3.63, 3.8) is 0 Å². The van der Waals surface area contributed by atoms with Gasteiger partial charge in [0.25, 0.3) is 0 Å². The van der Waals surface area contributed by atoms with E-state index in [9.17, 15) is 31.1 Å². The maximum absolute atomic E-state index is 12.4. The molecule has 20 heavy (non-hydrogen) atoms. The maximum Gasteiger partial charge on any atom is 0.409 e. The van der Waals surface area contributed by atoms with Crippen LogP contribution in [0.5, 0.6) is 0 Å². The molecular weight excluding hydrogens is 290 g/mol. The lowest BCUT2D eigenvalue weighted by Gasteiger charge is -2.30. The molecular formula is C11H16F6N2O. The molecule has 2 atom stereocenters. The Kier molecular flexibility index (Phi) is 5.28. The summed E-state index contributed by atoms with van der Waals surface area (Å²) in [4.78, 5) is 11.3. The lowest BCUT2D eigenvalue weighted by molar-refractivity contribution is -0.274. The number of nitrogens with one attached hydrogen (secondary N) is 2. The first-order valence-corrected chi connectivity index (χ1v) is 6.18. The Hall–Kier alpha value is -0.990. The van der Waals surface area contributed by atoms with Gasteiger partial charge in [-0.2, -0.15) is 26.3 Å². The molecule has 2 unspecified atom stereocenters. The molecule has 0 aliphatic carbocycles. The number of alkyl halides is 6. The zero-order valence-corrected chi connectivity index (χ0v) is 10.7. The molecule has 2 N–H and O–H groups in total. The number of carbonyl (C=O) groups is 1. The second kappa shape index (κ2) is 6.19. The highest BCUT2D eigenvalue weighted by Crippen LogP contribution is 2.39. The first kappa shape index (κ1) is 17.1. The van der Waals surface area contributed by atoms with E-state index in [-0.39, 0.29) is 5.92 Å². The molecule has 1 amide bonds. The molecule has 0 aromatic carbocycles. The number of halogens is 6. The molecule has 1 rings (SSSR count). The summed E-state index contributed by atoms with van der Waals surface area (Å²) in [6.45, 7) is 2.63. The number of carbonyl (C=O) groups excluding carboxylic acids is 1. The SMILES string of the molecule is CC(NC(=O)C(C(F)(F)F)C(F)(F)F)C1CCCNC1. The van der Waals surface area contributed by atoms with Gasteiger partial charge in [-0.1, -0.05) is 0 Å². The summed E-state index contributed by atoms with van der Waals surface area (Å²) < 4.78 is 74.2. The second-order valence-corrected chi connectivity index (χ2v) is 4.92. The van der Waals surface area contributed by atoms with E-state index >= 15 is 0 Å². The molecule has 1 heterocycles. The van der Waals surface area contributed by atoms with Crippen LogP contribution in [0.15, 0.2) is 0 Å². The average Bonchev–Trinajstić information content (AvgIpc) is 2.25. The summed E-state index contributed by atoms with van der Waals surface area (Å²) in [5.41, 5.74) is 0. The zero-order chi connectivity index (χ0) is 15.6. The highest BCUT2D eigenvalue weighted by molar-refractivity contribution is 5.80. The van der Waals surface area contributed by atoms with Gasteiger partial charge < -0.3 is 10.6 Å². The molecule has 0 bridgehead atoms. The standard InChI is InChI=1S/C11H16F6N2O/c1-6(7-3-2-4-18-5-7)19-9(20)8(10(12,13)14)11(15,16)17/h6-8,18H,2-5H2,1H3,(H,19,20). The number of amides is 1. The normalized spacial score (nSPS) is 22.7. The van der Waals surface area contributed by atoms with Crippen LogP contribution in [-0.2, 0) is 4.79 Å². The lowest BCUT2D eigenvalue weighted by Crippen LogP contribution is -2.52. The summed E-state index contributed by atoms with van der Waals surface area (Å²) >= 11 is 0. The van der Waals surface area contributed by atoms with Crippen molar-refractivity contribution in [3.8, 4) is 0 Å². The van der Waals surface area contributed by atoms with Crippen LogP contribution in [-0.4, -0.2) is 37.4 Å². The molecule has 0 spiro atoms. The number of piperidine rings is 1. The van der Waals surface area contributed by atoms with Gasteiger partial charge in [0.1, 0.15) is 0 Å². The Bertz CT molecular complexity index is 321. The van der Waals surface area contributed by atoms with Crippen molar-refractivity contribution in [2.24, 2.45) is 11.8 Å². The van der Waals surface area contributed by atoms with Crippen molar-refractivity contribution in [2.75, 3.05) is 13.1 Å². The van der Waals surface area contributed by atoms with Crippen molar-refractivity contribution < 1.29 is 31.1 Å². The average molecular weight is 306 g/mol. The molecule has 1 aliphatic rings. The molecule has 1 aliphatic heterocycles. The van der Waals surface area contributed by atoms with Gasteiger partial charge in [0.05, 0.1) is 0 Å². The minimum atomic E-state index is -5.65. The van der Waals surface area contributed by atoms with Gasteiger partial charge in [-0.3, -0.25) is 4.79 Å². The first-order chi connectivity index (χ1) is 9.03. The monoisotopic (exact) mass is 306 g/mol. The van der Waals surface area contributed by atoms with Gasteiger partial charge in [-0.15, -0.1) is 0 Å². The lowest BCUT2D eigenvalue weighted by atomic mass is 9.92. The molecule has 1 fully saturated rings. The van der Waals surface area contributed by atoms with E-state index < -0.39 is 30.2 Å². The summed E-state index contributed by atoms with van der Waals surface area (Å²) in [5.74, 6) is -6.19. The molecule has 0 radical (unpaired) electrons. The quantitative estimate of drug-likeness (QED) is 0.785. The molecule has 3 nitrogen and oxygen atoms in total. The smallest absolute Gasteiger partial charge is 0.352 e. The fourth-order valence-corrected chi connectivity index (χ4v) is 2.21. The van der Waals surface area contributed by atoms with Crippen LogP contribution in [0.3, 0.4) is 0 Å². The van der Waals surface area contributed by atoms with E-state index in [2.05, 4.69) is 5.32 Å². The van der Waals surface area contributed by atoms with Gasteiger partial charge in [-0.25, -0.2) is 0 Å². The summed E-state index contributed by atoms with van der Waals surface area (Å²) in [7, 11) is 0. The largest absolute Gasteiger partial charge is 0.409 e. The van der Waals surface area contributed by atoms with E-state index in [0.29, 0.717) is 13.0 Å². The fourth-order valence-electron chi connectivity index (χ4n) is 2.21. The highest BCUT2D eigenvalue weighted by atomic mass is 19.4. The van der Waals surface area contributed by atoms with Gasteiger partial charge in [-0.05, 0) is 38.8 Å². The van der Waals surface area contributed by atoms with Gasteiger partial charge in [0, 0.05) is 6.04 Å². The minimum absolute atomic E-state index is 0.171. The van der Waals surface area contributed by atoms with Crippen molar-refractivity contribution in [3.05, 3.63) is 0 Å². The molecule has 0 aromatic heterocycles. The molecule has 0 saturated carbocycles. The number of hydrogen-bond donors (Lipinski definition) is 2. The maximum atomic E-state index is 12.4. The van der Waals surface area contributed by atoms with Crippen LogP contribution in [0.25, 0.3) is 0 Å². The van der Waals surface area contributed by atoms with E-state index in [4.69, 9.17) is 0 Å². The van der Waals surface area contributed by atoms with Crippen LogP contribution in [0.1, 0.15) is 19.8 Å². The fraction of sp³-hybridized carbons (Fsp3) is 0.909. The van der Waals surface area contributed by atoms with Crippen LogP contribution < -0.4 is 10.6 Å². The zero-order valence-electron chi connectivity index (χ0n) is 10.7. The van der Waals surface area contributed by atoms with E-state index in [1.165, 1.54) is 6.92 Å². The van der Waals surface area contributed by atoms with Crippen LogP contribution in [0, 0.1) is 11.8 Å². The third-order valence-electron chi connectivity index (χ3n) is 3.33. The second-order valence-electron chi connectivity index (χ2n) is 4.92. The van der Waals surface area contributed by atoms with E-state index in [1.807, 2.05) is 5.32 Å². The van der Waals surface area contributed by atoms with Gasteiger partial charge in [0.2, 0.25) is 11.8 Å². The molecule has 9 heteroatoms. The van der Waals surface area contributed by atoms with Gasteiger partial charge >= 0.3 is 12.4 Å². The Morgan fingerprint density at radius 2 is 1.75 bits per heavy atom. The summed E-state index contributed by atoms with van der Waals surface area (Å²) in [5, 5.41) is 4.83. The highest BCUT2D eigenvalue weighted by Gasteiger charge is 2.61. The van der Waals surface area contributed by atoms with E-state index in [0.717, 1.165) is 13.0 Å². The number of rotatable bonds is 3. The third-order valence-corrected chi connectivity index (χ3v) is 3.33. The summed E-state index contributed by atoms with van der Waals surface area (Å²) in [6.07, 6.45) is -9.87.